The number of nitrogen functional groups attached to an aromatic ring is 1. The smallest absolute Gasteiger partial charge is 0.309 e. The van der Waals surface area contributed by atoms with Crippen LogP contribution in [0.1, 0.15) is 0 Å². The second-order valence-corrected chi connectivity index (χ2v) is 3.52. The third-order valence-corrected chi connectivity index (χ3v) is 2.75. The molecule has 0 saturated heterocycles. The molecule has 0 radical (unpaired) electrons. The highest BCUT2D eigenvalue weighted by atomic mass is 32.1. The number of hydrogen-bond donors (Lipinski definition) is 1. The number of nitrogens with two attached hydrogens (primary N) is 1. The van der Waals surface area contributed by atoms with Crippen molar-refractivity contribution in [2.75, 3.05) is 5.73 Å². The molecule has 0 aliphatic carbocycles. The Hall–Kier alpha value is -1.62. The van der Waals surface area contributed by atoms with Crippen LogP contribution >= 0.6 is 11.3 Å². The van der Waals surface area contributed by atoms with Crippen molar-refractivity contribution >= 4 is 32.8 Å². The molecule has 4 nitrogen and oxygen atoms in total. The molecular weight excluding hydrogens is 188 g/mol. The highest BCUT2D eigenvalue weighted by Gasteiger charge is 2.16. The first kappa shape index (κ1) is 8.00. The first-order chi connectivity index (χ1) is 6.20. The van der Waals surface area contributed by atoms with Crippen molar-refractivity contribution in [2.24, 2.45) is 0 Å². The van der Waals surface area contributed by atoms with Crippen LogP contribution in [0.3, 0.4) is 0 Å². The third-order valence-electron chi connectivity index (χ3n) is 1.81. The van der Waals surface area contributed by atoms with Crippen LogP contribution in [-0.2, 0) is 0 Å². The molecule has 5 heteroatoms. The molecule has 0 amide bonds. The Balaban J connectivity index is 2.88. The summed E-state index contributed by atoms with van der Waals surface area (Å²) in [6.45, 7) is 0. The van der Waals surface area contributed by atoms with E-state index >= 15 is 0 Å². The Kier molecular flexibility index (Phi) is 1.66. The van der Waals surface area contributed by atoms with Gasteiger partial charge in [0.15, 0.2) is 0 Å². The molecule has 1 heterocycles. The summed E-state index contributed by atoms with van der Waals surface area (Å²) in [5.41, 5.74) is 5.75. The van der Waals surface area contributed by atoms with Crippen LogP contribution in [0, 0.1) is 10.1 Å². The summed E-state index contributed by atoms with van der Waals surface area (Å²) in [6, 6.07) is 5.19. The lowest BCUT2D eigenvalue weighted by molar-refractivity contribution is -0.381. The van der Waals surface area contributed by atoms with Gasteiger partial charge in [-0.2, -0.15) is 0 Å². The van der Waals surface area contributed by atoms with Gasteiger partial charge in [0.05, 0.1) is 4.92 Å². The zero-order chi connectivity index (χ0) is 9.42. The summed E-state index contributed by atoms with van der Waals surface area (Å²) in [5, 5.41) is 13.3. The van der Waals surface area contributed by atoms with Crippen LogP contribution in [0.4, 0.5) is 11.4 Å². The number of thiophene rings is 1. The number of anilines is 1. The maximum atomic E-state index is 10.7. The lowest BCUT2D eigenvalue weighted by atomic mass is 10.2. The second-order valence-electron chi connectivity index (χ2n) is 2.60. The quantitative estimate of drug-likeness (QED) is 0.430. The van der Waals surface area contributed by atoms with Gasteiger partial charge < -0.3 is 5.73 Å². The van der Waals surface area contributed by atoms with Gasteiger partial charge in [-0.25, -0.2) is 0 Å². The molecule has 0 atom stereocenters. The number of nitrogens with zero attached hydrogens (tertiary/aromatic N) is 1. The van der Waals surface area contributed by atoms with Gasteiger partial charge in [0.1, 0.15) is 10.4 Å². The Morgan fingerprint density at radius 2 is 2.15 bits per heavy atom. The van der Waals surface area contributed by atoms with Crippen molar-refractivity contribution < 1.29 is 4.92 Å². The normalized spacial score (nSPS) is 10.5. The van der Waals surface area contributed by atoms with E-state index in [1.165, 1.54) is 11.3 Å². The molecule has 1 aromatic heterocycles. The summed E-state index contributed by atoms with van der Waals surface area (Å²) in [6.07, 6.45) is 0. The monoisotopic (exact) mass is 194 g/mol. The van der Waals surface area contributed by atoms with Gasteiger partial charge in [-0.05, 0) is 22.9 Å². The van der Waals surface area contributed by atoms with Gasteiger partial charge in [-0.3, -0.25) is 10.1 Å². The van der Waals surface area contributed by atoms with Crippen molar-refractivity contribution in [3.63, 3.8) is 0 Å². The zero-order valence-electron chi connectivity index (χ0n) is 6.56. The summed E-state index contributed by atoms with van der Waals surface area (Å²) in [7, 11) is 0. The van der Waals surface area contributed by atoms with Gasteiger partial charge in [-0.1, -0.05) is 6.07 Å². The lowest BCUT2D eigenvalue weighted by Gasteiger charge is -1.96. The Bertz CT molecular complexity index is 478. The molecule has 0 aliphatic heterocycles. The van der Waals surface area contributed by atoms with Crippen molar-refractivity contribution in [3.05, 3.63) is 33.7 Å². The van der Waals surface area contributed by atoms with Crippen molar-refractivity contribution in [1.29, 1.82) is 0 Å². The molecule has 2 aromatic rings. The molecule has 0 unspecified atom stereocenters. The average Bonchev–Trinajstić information content (AvgIpc) is 2.50. The van der Waals surface area contributed by atoms with Crippen LogP contribution in [0.2, 0.25) is 0 Å². The minimum atomic E-state index is -0.436. The van der Waals surface area contributed by atoms with E-state index < -0.39 is 4.92 Å². The molecule has 2 N–H and O–H groups in total. The zero-order valence-corrected chi connectivity index (χ0v) is 7.38. The first-order valence-electron chi connectivity index (χ1n) is 3.60. The summed E-state index contributed by atoms with van der Waals surface area (Å²) in [4.78, 5) is 10.2. The van der Waals surface area contributed by atoms with E-state index in [2.05, 4.69) is 0 Å². The molecule has 0 spiro atoms. The van der Waals surface area contributed by atoms with Gasteiger partial charge in [0.2, 0.25) is 0 Å². The van der Waals surface area contributed by atoms with E-state index in [0.29, 0.717) is 4.70 Å². The van der Waals surface area contributed by atoms with Crippen molar-refractivity contribution in [2.45, 2.75) is 0 Å². The number of nitro benzene ring substituents is 1. The standard InChI is InChI=1S/C8H6N2O2S/c9-6-2-1-5-3-4-13-8(5)7(6)10(11)12/h1-4H,9H2. The fraction of sp³-hybridized carbons (Fsp3) is 0. The van der Waals surface area contributed by atoms with E-state index in [4.69, 9.17) is 5.73 Å². The SMILES string of the molecule is Nc1ccc2ccsc2c1[N+](=O)[O-]. The topological polar surface area (TPSA) is 69.2 Å². The minimum absolute atomic E-state index is 0.0208. The predicted molar refractivity (Wildman–Crippen MR) is 52.9 cm³/mol. The molecule has 13 heavy (non-hydrogen) atoms. The Morgan fingerprint density at radius 1 is 1.38 bits per heavy atom. The number of benzene rings is 1. The number of rotatable bonds is 1. The molecule has 0 bridgehead atoms. The third kappa shape index (κ3) is 1.13. The predicted octanol–water partition coefficient (Wildman–Crippen LogP) is 2.39. The fourth-order valence-electron chi connectivity index (χ4n) is 1.22. The molecular formula is C8H6N2O2S. The van der Waals surface area contributed by atoms with Crippen LogP contribution in [0.25, 0.3) is 10.1 Å². The van der Waals surface area contributed by atoms with Gasteiger partial charge in [0, 0.05) is 0 Å². The van der Waals surface area contributed by atoms with E-state index in [0.717, 1.165) is 5.39 Å². The van der Waals surface area contributed by atoms with Crippen LogP contribution < -0.4 is 5.73 Å². The maximum absolute atomic E-state index is 10.7. The second kappa shape index (κ2) is 2.70. The Labute approximate surface area is 77.7 Å². The molecule has 2 rings (SSSR count). The first-order valence-corrected chi connectivity index (χ1v) is 4.48. The number of fused-ring (bicyclic) bond motifs is 1. The lowest BCUT2D eigenvalue weighted by Crippen LogP contribution is -1.94. The summed E-state index contributed by atoms with van der Waals surface area (Å²) < 4.78 is 0.644. The van der Waals surface area contributed by atoms with Gasteiger partial charge in [0.25, 0.3) is 0 Å². The van der Waals surface area contributed by atoms with E-state index in [-0.39, 0.29) is 11.4 Å². The molecule has 0 aliphatic rings. The molecule has 0 saturated carbocycles. The molecule has 0 fully saturated rings. The number of nitro groups is 1. The summed E-state index contributed by atoms with van der Waals surface area (Å²) in [5.74, 6) is 0. The van der Waals surface area contributed by atoms with E-state index in [1.54, 1.807) is 12.1 Å². The maximum Gasteiger partial charge on any atom is 0.309 e. The number of hydrogen-bond acceptors (Lipinski definition) is 4. The largest absolute Gasteiger partial charge is 0.393 e. The minimum Gasteiger partial charge on any atom is -0.393 e. The highest BCUT2D eigenvalue weighted by molar-refractivity contribution is 7.17. The van der Waals surface area contributed by atoms with E-state index in [1.807, 2.05) is 11.4 Å². The van der Waals surface area contributed by atoms with Gasteiger partial charge in [-0.15, -0.1) is 11.3 Å². The molecule has 1 aromatic carbocycles. The van der Waals surface area contributed by atoms with Crippen LogP contribution in [-0.4, -0.2) is 4.92 Å². The molecule has 66 valence electrons. The highest BCUT2D eigenvalue weighted by Crippen LogP contribution is 2.34. The van der Waals surface area contributed by atoms with E-state index in [9.17, 15) is 10.1 Å². The summed E-state index contributed by atoms with van der Waals surface area (Å²) >= 11 is 1.33. The van der Waals surface area contributed by atoms with Crippen LogP contribution in [0.5, 0.6) is 0 Å². The average molecular weight is 194 g/mol. The van der Waals surface area contributed by atoms with Crippen molar-refractivity contribution in [3.8, 4) is 0 Å². The van der Waals surface area contributed by atoms with Gasteiger partial charge >= 0.3 is 5.69 Å². The van der Waals surface area contributed by atoms with Crippen LogP contribution in [0.15, 0.2) is 23.6 Å². The fourth-order valence-corrected chi connectivity index (χ4v) is 2.15. The van der Waals surface area contributed by atoms with Crippen molar-refractivity contribution in [1.82, 2.24) is 0 Å². The Morgan fingerprint density at radius 3 is 2.85 bits per heavy atom.